The van der Waals surface area contributed by atoms with E-state index in [1.807, 2.05) is 4.90 Å². The Morgan fingerprint density at radius 3 is 2.80 bits per heavy atom. The molecule has 1 aromatic carbocycles. The second-order valence-corrected chi connectivity index (χ2v) is 7.97. The van der Waals surface area contributed by atoms with E-state index in [2.05, 4.69) is 11.4 Å². The Morgan fingerprint density at radius 1 is 1.30 bits per heavy atom. The second kappa shape index (κ2) is 10.7. The van der Waals surface area contributed by atoms with E-state index in [-0.39, 0.29) is 57.3 Å². The van der Waals surface area contributed by atoms with Gasteiger partial charge < -0.3 is 19.9 Å². The van der Waals surface area contributed by atoms with E-state index in [0.717, 1.165) is 61.4 Å². The number of amidine groups is 1. The molecule has 0 aliphatic carbocycles. The number of carbonyl (C=O) groups is 1. The van der Waals surface area contributed by atoms with Crippen molar-refractivity contribution in [1.29, 1.82) is 5.41 Å². The zero-order valence-electron chi connectivity index (χ0n) is 17.9. The topological polar surface area (TPSA) is 68.7 Å². The summed E-state index contributed by atoms with van der Waals surface area (Å²) < 4.78 is 19.3. The van der Waals surface area contributed by atoms with Crippen LogP contribution >= 0.6 is 0 Å². The van der Waals surface area contributed by atoms with Gasteiger partial charge in [0.15, 0.2) is 0 Å². The summed E-state index contributed by atoms with van der Waals surface area (Å²) in [6.07, 6.45) is 4.34. The summed E-state index contributed by atoms with van der Waals surface area (Å²) in [4.78, 5) is 15.7. The fraction of sp³-hybridized carbons (Fsp3) is 0.545. The fourth-order valence-corrected chi connectivity index (χ4v) is 4.38. The SMILES string of the molecule is CC(=O)N1CCC(NC2CCOCC2)=C(C(=N)N2CCCc3c[c-]c(F)cc32)C1.[K+]. The molecular weight excluding hydrogens is 410 g/mol. The number of nitrogens with zero attached hydrogens (tertiary/aromatic N) is 2. The molecule has 1 aromatic rings. The van der Waals surface area contributed by atoms with Crippen molar-refractivity contribution in [1.82, 2.24) is 10.2 Å². The monoisotopic (exact) mass is 438 g/mol. The van der Waals surface area contributed by atoms with Crippen molar-refractivity contribution >= 4 is 17.4 Å². The summed E-state index contributed by atoms with van der Waals surface area (Å²) in [7, 11) is 0. The van der Waals surface area contributed by atoms with Gasteiger partial charge in [0, 0.05) is 62.8 Å². The first-order valence-electron chi connectivity index (χ1n) is 10.4. The van der Waals surface area contributed by atoms with Crippen molar-refractivity contribution in [3.05, 3.63) is 40.8 Å². The number of anilines is 1. The summed E-state index contributed by atoms with van der Waals surface area (Å²) in [5.74, 6) is -0.0378. The first kappa shape index (κ1) is 23.9. The minimum absolute atomic E-state index is 0. The van der Waals surface area contributed by atoms with Gasteiger partial charge in [0.2, 0.25) is 5.91 Å². The van der Waals surface area contributed by atoms with Gasteiger partial charge in [-0.1, -0.05) is 12.1 Å². The molecule has 1 amide bonds. The van der Waals surface area contributed by atoms with Gasteiger partial charge in [-0.3, -0.25) is 10.2 Å². The molecule has 3 aliphatic heterocycles. The number of ether oxygens (including phenoxy) is 1. The average Bonchev–Trinajstić information content (AvgIpc) is 2.73. The van der Waals surface area contributed by atoms with E-state index in [9.17, 15) is 9.18 Å². The zero-order valence-corrected chi connectivity index (χ0v) is 21.0. The number of rotatable bonds is 3. The van der Waals surface area contributed by atoms with Gasteiger partial charge >= 0.3 is 51.4 Å². The van der Waals surface area contributed by atoms with Crippen LogP contribution in [-0.4, -0.2) is 55.5 Å². The van der Waals surface area contributed by atoms with E-state index in [4.69, 9.17) is 10.1 Å². The Hall–Kier alpha value is -0.774. The van der Waals surface area contributed by atoms with Crippen molar-refractivity contribution in [2.24, 2.45) is 0 Å². The van der Waals surface area contributed by atoms with Crippen LogP contribution in [-0.2, 0) is 16.0 Å². The summed E-state index contributed by atoms with van der Waals surface area (Å²) in [5, 5.41) is 12.6. The van der Waals surface area contributed by atoms with Crippen LogP contribution in [0, 0.1) is 17.3 Å². The standard InChI is InChI=1S/C22H28FN4O2.K/c1-15(28)26-10-6-20(25-18-7-11-29-12-8-18)19(14-26)22(24)27-9-2-3-16-4-5-17(23)13-21(16)27;/h4,13,18,24-25H,2-3,6-12,14H2,1H3;/q-1;+1. The summed E-state index contributed by atoms with van der Waals surface area (Å²) in [6.45, 7) is 4.78. The van der Waals surface area contributed by atoms with Crippen LogP contribution in [0.1, 0.15) is 38.2 Å². The van der Waals surface area contributed by atoms with Crippen LogP contribution in [0.25, 0.3) is 0 Å². The number of halogens is 1. The maximum absolute atomic E-state index is 13.9. The quantitative estimate of drug-likeness (QED) is 0.293. The first-order chi connectivity index (χ1) is 14.0. The predicted molar refractivity (Wildman–Crippen MR) is 110 cm³/mol. The number of amides is 1. The molecule has 0 bridgehead atoms. The molecule has 0 aromatic heterocycles. The average molecular weight is 439 g/mol. The summed E-state index contributed by atoms with van der Waals surface area (Å²) in [6, 6.07) is 6.13. The molecule has 2 N–H and O–H groups in total. The van der Waals surface area contributed by atoms with Gasteiger partial charge in [-0.15, -0.1) is 17.7 Å². The molecule has 156 valence electrons. The molecular formula is C22H28FKN4O2. The van der Waals surface area contributed by atoms with Gasteiger partial charge in [0.05, 0.1) is 6.54 Å². The van der Waals surface area contributed by atoms with Crippen molar-refractivity contribution in [2.75, 3.05) is 37.7 Å². The number of fused-ring (bicyclic) bond motifs is 1. The minimum atomic E-state index is -0.410. The third kappa shape index (κ3) is 5.34. The van der Waals surface area contributed by atoms with E-state index in [1.165, 1.54) is 6.07 Å². The van der Waals surface area contributed by atoms with Gasteiger partial charge in [-0.2, -0.15) is 6.07 Å². The molecule has 3 heterocycles. The van der Waals surface area contributed by atoms with Crippen LogP contribution in [0.2, 0.25) is 0 Å². The number of carbonyl (C=O) groups excluding carboxylic acids is 1. The molecule has 0 saturated carbocycles. The molecule has 0 spiro atoms. The Morgan fingerprint density at radius 2 is 2.07 bits per heavy atom. The number of aryl methyl sites for hydroxylation is 1. The molecule has 0 atom stereocenters. The second-order valence-electron chi connectivity index (χ2n) is 7.97. The van der Waals surface area contributed by atoms with Crippen LogP contribution in [0.3, 0.4) is 0 Å². The third-order valence-electron chi connectivity index (χ3n) is 6.04. The molecule has 8 heteroatoms. The van der Waals surface area contributed by atoms with Gasteiger partial charge in [-0.25, -0.2) is 4.39 Å². The molecule has 1 saturated heterocycles. The van der Waals surface area contributed by atoms with Crippen molar-refractivity contribution in [3.8, 4) is 0 Å². The Labute approximate surface area is 220 Å². The van der Waals surface area contributed by atoms with Crippen molar-refractivity contribution in [3.63, 3.8) is 0 Å². The normalized spacial score (nSPS) is 19.8. The summed E-state index contributed by atoms with van der Waals surface area (Å²) >= 11 is 0. The van der Waals surface area contributed by atoms with Crippen LogP contribution in [0.15, 0.2) is 23.4 Å². The molecule has 6 nitrogen and oxygen atoms in total. The number of hydrogen-bond donors (Lipinski definition) is 2. The van der Waals surface area contributed by atoms with Crippen molar-refractivity contribution < 1.29 is 65.3 Å². The molecule has 0 radical (unpaired) electrons. The Bertz CT molecular complexity index is 838. The first-order valence-corrected chi connectivity index (χ1v) is 10.4. The maximum Gasteiger partial charge on any atom is 1.00 e. The molecule has 3 aliphatic rings. The molecule has 4 rings (SSSR count). The van der Waals surface area contributed by atoms with E-state index >= 15 is 0 Å². The fourth-order valence-electron chi connectivity index (χ4n) is 4.38. The molecule has 0 unspecified atom stereocenters. The van der Waals surface area contributed by atoms with Crippen molar-refractivity contribution in [2.45, 2.75) is 45.1 Å². The number of hydrogen-bond acceptors (Lipinski definition) is 4. The number of benzene rings is 1. The minimum Gasteiger partial charge on any atom is -0.385 e. The number of nitrogens with one attached hydrogen (secondary N) is 2. The van der Waals surface area contributed by atoms with Crippen LogP contribution in [0.4, 0.5) is 10.1 Å². The molecule has 30 heavy (non-hydrogen) atoms. The predicted octanol–water partition coefficient (Wildman–Crippen LogP) is -0.365. The van der Waals surface area contributed by atoms with Crippen LogP contribution in [0.5, 0.6) is 0 Å². The van der Waals surface area contributed by atoms with E-state index < -0.39 is 5.82 Å². The Balaban J connectivity index is 0.00000256. The maximum atomic E-state index is 13.9. The largest absolute Gasteiger partial charge is 1.00 e. The molecule has 1 fully saturated rings. The smallest absolute Gasteiger partial charge is 0.385 e. The van der Waals surface area contributed by atoms with Gasteiger partial charge in [-0.05, 0) is 19.3 Å². The van der Waals surface area contributed by atoms with E-state index in [0.29, 0.717) is 37.9 Å². The Kier molecular flexibility index (Phi) is 8.52. The van der Waals surface area contributed by atoms with E-state index in [1.54, 1.807) is 17.9 Å². The summed E-state index contributed by atoms with van der Waals surface area (Å²) in [5.41, 5.74) is 3.63. The van der Waals surface area contributed by atoms with Crippen LogP contribution < -0.4 is 61.6 Å². The van der Waals surface area contributed by atoms with Gasteiger partial charge in [0.1, 0.15) is 5.84 Å². The zero-order chi connectivity index (χ0) is 20.4. The third-order valence-corrected chi connectivity index (χ3v) is 6.04. The van der Waals surface area contributed by atoms with Gasteiger partial charge in [0.25, 0.3) is 0 Å².